The van der Waals surface area contributed by atoms with Gasteiger partial charge in [-0.15, -0.1) is 11.3 Å². The molecule has 110 valence electrons. The number of carbonyl (C=O) groups is 2. The number of aromatic carboxylic acids is 1. The standard InChI is InChI=1S/C15H16N2O3S/c1-9-10(2)21-14(13(9)15(19)20)17-12(18)4-3-11-5-7-16-8-6-11/h5-8H,3-4H2,1-2H3,(H,17,18)(H,19,20). The number of nitrogens with zero attached hydrogens (tertiary/aromatic N) is 1. The lowest BCUT2D eigenvalue weighted by Crippen LogP contribution is -2.14. The fourth-order valence-electron chi connectivity index (χ4n) is 1.97. The number of hydrogen-bond donors (Lipinski definition) is 2. The van der Waals surface area contributed by atoms with Gasteiger partial charge in [0, 0.05) is 23.7 Å². The molecule has 0 aromatic carbocycles. The maximum Gasteiger partial charge on any atom is 0.338 e. The number of nitrogens with one attached hydrogen (secondary N) is 1. The molecule has 0 spiro atoms. The van der Waals surface area contributed by atoms with Crippen LogP contribution in [0, 0.1) is 13.8 Å². The lowest BCUT2D eigenvalue weighted by Gasteiger charge is -2.05. The zero-order valence-corrected chi connectivity index (χ0v) is 12.7. The van der Waals surface area contributed by atoms with Crippen molar-refractivity contribution in [1.82, 2.24) is 4.98 Å². The Labute approximate surface area is 126 Å². The third-order valence-electron chi connectivity index (χ3n) is 3.24. The minimum Gasteiger partial charge on any atom is -0.478 e. The van der Waals surface area contributed by atoms with E-state index in [1.54, 1.807) is 19.3 Å². The number of carbonyl (C=O) groups excluding carboxylic acids is 1. The lowest BCUT2D eigenvalue weighted by molar-refractivity contribution is -0.116. The van der Waals surface area contributed by atoms with Crippen LogP contribution < -0.4 is 5.32 Å². The quantitative estimate of drug-likeness (QED) is 0.890. The minimum absolute atomic E-state index is 0.185. The maximum absolute atomic E-state index is 12.0. The molecule has 1 amide bonds. The summed E-state index contributed by atoms with van der Waals surface area (Å²) in [4.78, 5) is 28.1. The van der Waals surface area contributed by atoms with Crippen molar-refractivity contribution in [2.45, 2.75) is 26.7 Å². The van der Waals surface area contributed by atoms with Crippen molar-refractivity contribution in [2.24, 2.45) is 0 Å². The molecule has 0 fully saturated rings. The molecule has 0 aliphatic carbocycles. The van der Waals surface area contributed by atoms with Crippen molar-refractivity contribution in [1.29, 1.82) is 0 Å². The van der Waals surface area contributed by atoms with Crippen LogP contribution >= 0.6 is 11.3 Å². The Balaban J connectivity index is 2.03. The molecule has 2 aromatic heterocycles. The summed E-state index contributed by atoms with van der Waals surface area (Å²) in [5.41, 5.74) is 1.92. The number of anilines is 1. The number of carboxylic acid groups (broad SMARTS) is 1. The summed E-state index contributed by atoms with van der Waals surface area (Å²) in [5.74, 6) is -1.20. The summed E-state index contributed by atoms with van der Waals surface area (Å²) in [6.07, 6.45) is 4.27. The van der Waals surface area contributed by atoms with Gasteiger partial charge in [0.15, 0.2) is 0 Å². The first kappa shape index (κ1) is 15.2. The highest BCUT2D eigenvalue weighted by molar-refractivity contribution is 7.16. The van der Waals surface area contributed by atoms with E-state index in [4.69, 9.17) is 0 Å². The number of thiophene rings is 1. The molecule has 0 aliphatic heterocycles. The second kappa shape index (κ2) is 6.49. The van der Waals surface area contributed by atoms with Gasteiger partial charge in [0.25, 0.3) is 0 Å². The van der Waals surface area contributed by atoms with Crippen LogP contribution in [-0.4, -0.2) is 22.0 Å². The number of hydrogen-bond acceptors (Lipinski definition) is 4. The van der Waals surface area contributed by atoms with Crippen LogP contribution in [0.1, 0.15) is 32.8 Å². The van der Waals surface area contributed by atoms with Gasteiger partial charge < -0.3 is 10.4 Å². The molecule has 6 heteroatoms. The van der Waals surface area contributed by atoms with Crippen molar-refractivity contribution < 1.29 is 14.7 Å². The molecule has 5 nitrogen and oxygen atoms in total. The predicted octanol–water partition coefficient (Wildman–Crippen LogP) is 3.03. The Bertz CT molecular complexity index is 665. The van der Waals surface area contributed by atoms with Crippen molar-refractivity contribution in [3.05, 3.63) is 46.1 Å². The highest BCUT2D eigenvalue weighted by Gasteiger charge is 2.20. The normalized spacial score (nSPS) is 10.4. The van der Waals surface area contributed by atoms with E-state index < -0.39 is 5.97 Å². The van der Waals surface area contributed by atoms with Crippen LogP contribution in [0.3, 0.4) is 0 Å². The zero-order chi connectivity index (χ0) is 15.4. The second-order valence-corrected chi connectivity index (χ2v) is 5.92. The van der Waals surface area contributed by atoms with Gasteiger partial charge in [0.2, 0.25) is 5.91 Å². The van der Waals surface area contributed by atoms with E-state index in [-0.39, 0.29) is 11.5 Å². The second-order valence-electron chi connectivity index (χ2n) is 4.70. The van der Waals surface area contributed by atoms with Crippen LogP contribution in [-0.2, 0) is 11.2 Å². The first-order valence-electron chi connectivity index (χ1n) is 6.51. The highest BCUT2D eigenvalue weighted by Crippen LogP contribution is 2.32. The average molecular weight is 304 g/mol. The maximum atomic E-state index is 12.0. The van der Waals surface area contributed by atoms with Gasteiger partial charge in [-0.3, -0.25) is 9.78 Å². The highest BCUT2D eigenvalue weighted by atomic mass is 32.1. The van der Waals surface area contributed by atoms with Gasteiger partial charge in [0.05, 0.1) is 5.56 Å². The van der Waals surface area contributed by atoms with Gasteiger partial charge >= 0.3 is 5.97 Å². The van der Waals surface area contributed by atoms with Crippen molar-refractivity contribution in [3.63, 3.8) is 0 Å². The van der Waals surface area contributed by atoms with Gasteiger partial charge in [-0.2, -0.15) is 0 Å². The summed E-state index contributed by atoms with van der Waals surface area (Å²) in [7, 11) is 0. The smallest absolute Gasteiger partial charge is 0.338 e. The van der Waals surface area contributed by atoms with Crippen molar-refractivity contribution >= 4 is 28.2 Å². The topological polar surface area (TPSA) is 79.3 Å². The van der Waals surface area contributed by atoms with E-state index in [2.05, 4.69) is 10.3 Å². The first-order chi connectivity index (χ1) is 9.99. The van der Waals surface area contributed by atoms with E-state index in [0.29, 0.717) is 23.4 Å². The molecule has 2 aromatic rings. The molecular weight excluding hydrogens is 288 g/mol. The fraction of sp³-hybridized carbons (Fsp3) is 0.267. The Morgan fingerprint density at radius 1 is 1.29 bits per heavy atom. The largest absolute Gasteiger partial charge is 0.478 e. The Hall–Kier alpha value is -2.21. The fourth-order valence-corrected chi connectivity index (χ4v) is 3.04. The molecule has 0 radical (unpaired) electrons. The zero-order valence-electron chi connectivity index (χ0n) is 11.8. The molecule has 0 unspecified atom stereocenters. The van der Waals surface area contributed by atoms with Gasteiger partial charge in [-0.05, 0) is 43.5 Å². The summed E-state index contributed by atoms with van der Waals surface area (Å²) in [6, 6.07) is 3.71. The van der Waals surface area contributed by atoms with Gasteiger partial charge in [-0.1, -0.05) is 0 Å². The third-order valence-corrected chi connectivity index (χ3v) is 4.36. The molecule has 0 bridgehead atoms. The summed E-state index contributed by atoms with van der Waals surface area (Å²) >= 11 is 1.30. The SMILES string of the molecule is Cc1sc(NC(=O)CCc2ccncc2)c(C(=O)O)c1C. The molecule has 2 heterocycles. The Morgan fingerprint density at radius 2 is 1.95 bits per heavy atom. The van der Waals surface area contributed by atoms with Crippen LogP contribution in [0.4, 0.5) is 5.00 Å². The van der Waals surface area contributed by atoms with Crippen LogP contribution in [0.25, 0.3) is 0 Å². The summed E-state index contributed by atoms with van der Waals surface area (Å²) < 4.78 is 0. The van der Waals surface area contributed by atoms with Gasteiger partial charge in [0.1, 0.15) is 5.00 Å². The molecular formula is C15H16N2O3S. The van der Waals surface area contributed by atoms with Crippen LogP contribution in [0.2, 0.25) is 0 Å². The molecule has 0 saturated carbocycles. The first-order valence-corrected chi connectivity index (χ1v) is 7.32. The molecule has 2 N–H and O–H groups in total. The number of pyridine rings is 1. The van der Waals surface area contributed by atoms with Crippen LogP contribution in [0.15, 0.2) is 24.5 Å². The molecule has 0 atom stereocenters. The van der Waals surface area contributed by atoms with E-state index >= 15 is 0 Å². The Kier molecular flexibility index (Phi) is 4.70. The molecule has 0 saturated heterocycles. The van der Waals surface area contributed by atoms with E-state index in [1.165, 1.54) is 11.3 Å². The summed E-state index contributed by atoms with van der Waals surface area (Å²) in [5, 5.41) is 12.4. The number of carboxylic acids is 1. The molecule has 21 heavy (non-hydrogen) atoms. The lowest BCUT2D eigenvalue weighted by atomic mass is 10.1. The van der Waals surface area contributed by atoms with E-state index in [1.807, 2.05) is 19.1 Å². The number of aryl methyl sites for hydroxylation is 2. The van der Waals surface area contributed by atoms with E-state index in [9.17, 15) is 14.7 Å². The van der Waals surface area contributed by atoms with Crippen molar-refractivity contribution in [3.8, 4) is 0 Å². The van der Waals surface area contributed by atoms with Crippen molar-refractivity contribution in [2.75, 3.05) is 5.32 Å². The number of aromatic nitrogens is 1. The predicted molar refractivity (Wildman–Crippen MR) is 81.9 cm³/mol. The molecule has 2 rings (SSSR count). The monoisotopic (exact) mass is 304 g/mol. The number of amides is 1. The third kappa shape index (κ3) is 3.66. The van der Waals surface area contributed by atoms with Gasteiger partial charge in [-0.25, -0.2) is 4.79 Å². The van der Waals surface area contributed by atoms with E-state index in [0.717, 1.165) is 10.4 Å². The number of rotatable bonds is 5. The summed E-state index contributed by atoms with van der Waals surface area (Å²) in [6.45, 7) is 3.60. The van der Waals surface area contributed by atoms with Crippen LogP contribution in [0.5, 0.6) is 0 Å². The average Bonchev–Trinajstić information content (AvgIpc) is 2.72. The minimum atomic E-state index is -1.01. The molecule has 0 aliphatic rings. The Morgan fingerprint density at radius 3 is 2.57 bits per heavy atom.